The average molecular weight is 236 g/mol. The van der Waals surface area contributed by atoms with E-state index in [4.69, 9.17) is 5.73 Å². The van der Waals surface area contributed by atoms with Crippen molar-refractivity contribution in [2.24, 2.45) is 5.73 Å². The molecule has 0 aliphatic heterocycles. The SMILES string of the molecule is CCc1cc(C(=O)NC2CC(N)C2)n(CC)n1. The van der Waals surface area contributed by atoms with Crippen LogP contribution >= 0.6 is 0 Å². The highest BCUT2D eigenvalue weighted by atomic mass is 16.2. The number of hydrogen-bond acceptors (Lipinski definition) is 3. The van der Waals surface area contributed by atoms with Crippen molar-refractivity contribution in [2.45, 2.75) is 51.7 Å². The number of aromatic nitrogens is 2. The molecule has 1 heterocycles. The minimum atomic E-state index is -0.0315. The van der Waals surface area contributed by atoms with Crippen molar-refractivity contribution in [1.29, 1.82) is 0 Å². The molecule has 1 fully saturated rings. The van der Waals surface area contributed by atoms with Crippen LogP contribution in [-0.4, -0.2) is 27.8 Å². The van der Waals surface area contributed by atoms with Crippen LogP contribution in [0.4, 0.5) is 0 Å². The standard InChI is InChI=1S/C12H20N4O/c1-3-9-7-11(16(4-2)15-9)12(17)14-10-5-8(13)6-10/h7-8,10H,3-6,13H2,1-2H3,(H,14,17). The first-order valence-corrected chi connectivity index (χ1v) is 6.27. The van der Waals surface area contributed by atoms with E-state index in [1.54, 1.807) is 4.68 Å². The summed E-state index contributed by atoms with van der Waals surface area (Å²) >= 11 is 0. The molecule has 94 valence electrons. The number of carbonyl (C=O) groups excluding carboxylic acids is 1. The lowest BCUT2D eigenvalue weighted by Gasteiger charge is -2.32. The summed E-state index contributed by atoms with van der Waals surface area (Å²) in [5, 5.41) is 7.36. The molecule has 3 N–H and O–H groups in total. The minimum Gasteiger partial charge on any atom is -0.348 e. The second kappa shape index (κ2) is 4.87. The Morgan fingerprint density at radius 2 is 2.29 bits per heavy atom. The van der Waals surface area contributed by atoms with Crippen molar-refractivity contribution in [3.05, 3.63) is 17.5 Å². The molecule has 0 radical (unpaired) electrons. The van der Waals surface area contributed by atoms with Crippen LogP contribution in [0.2, 0.25) is 0 Å². The maximum atomic E-state index is 12.1. The Balaban J connectivity index is 2.04. The van der Waals surface area contributed by atoms with Crippen LogP contribution < -0.4 is 11.1 Å². The first-order valence-electron chi connectivity index (χ1n) is 6.27. The third kappa shape index (κ3) is 2.49. The van der Waals surface area contributed by atoms with Crippen LogP contribution in [0.1, 0.15) is 42.9 Å². The number of rotatable bonds is 4. The summed E-state index contributed by atoms with van der Waals surface area (Å²) in [6.45, 7) is 4.74. The predicted molar refractivity (Wildman–Crippen MR) is 65.7 cm³/mol. The first kappa shape index (κ1) is 12.1. The smallest absolute Gasteiger partial charge is 0.269 e. The molecule has 0 bridgehead atoms. The molecule has 0 aromatic carbocycles. The molecule has 5 heteroatoms. The van der Waals surface area contributed by atoms with Crippen LogP contribution in [0.15, 0.2) is 6.07 Å². The van der Waals surface area contributed by atoms with Gasteiger partial charge in [-0.1, -0.05) is 6.92 Å². The normalized spacial score (nSPS) is 23.2. The molecule has 1 aromatic rings. The van der Waals surface area contributed by atoms with E-state index >= 15 is 0 Å². The maximum absolute atomic E-state index is 12.1. The van der Waals surface area contributed by atoms with Gasteiger partial charge in [0.15, 0.2) is 0 Å². The molecule has 1 amide bonds. The lowest BCUT2D eigenvalue weighted by molar-refractivity contribution is 0.0899. The van der Waals surface area contributed by atoms with Gasteiger partial charge in [0.1, 0.15) is 5.69 Å². The third-order valence-corrected chi connectivity index (χ3v) is 3.23. The van der Waals surface area contributed by atoms with E-state index in [9.17, 15) is 4.79 Å². The highest BCUT2D eigenvalue weighted by Crippen LogP contribution is 2.18. The van der Waals surface area contributed by atoms with Gasteiger partial charge in [-0.05, 0) is 32.3 Å². The lowest BCUT2D eigenvalue weighted by Crippen LogP contribution is -2.50. The van der Waals surface area contributed by atoms with Gasteiger partial charge in [0, 0.05) is 18.6 Å². The molecule has 17 heavy (non-hydrogen) atoms. The Morgan fingerprint density at radius 3 is 2.82 bits per heavy atom. The minimum absolute atomic E-state index is 0.0315. The number of nitrogens with zero attached hydrogens (tertiary/aromatic N) is 2. The molecule has 0 spiro atoms. The number of carbonyl (C=O) groups is 1. The van der Waals surface area contributed by atoms with Gasteiger partial charge in [-0.3, -0.25) is 9.48 Å². The summed E-state index contributed by atoms with van der Waals surface area (Å²) in [6.07, 6.45) is 2.61. The van der Waals surface area contributed by atoms with Gasteiger partial charge < -0.3 is 11.1 Å². The van der Waals surface area contributed by atoms with Crippen molar-refractivity contribution in [3.63, 3.8) is 0 Å². The first-order chi connectivity index (χ1) is 8.13. The van der Waals surface area contributed by atoms with Crippen molar-refractivity contribution in [1.82, 2.24) is 15.1 Å². The molecule has 1 aromatic heterocycles. The van der Waals surface area contributed by atoms with Gasteiger partial charge in [-0.25, -0.2) is 0 Å². The van der Waals surface area contributed by atoms with E-state index in [0.29, 0.717) is 12.2 Å². The number of hydrogen-bond donors (Lipinski definition) is 2. The van der Waals surface area contributed by atoms with E-state index in [-0.39, 0.29) is 18.0 Å². The van der Waals surface area contributed by atoms with Gasteiger partial charge in [0.2, 0.25) is 0 Å². The molecule has 0 atom stereocenters. The predicted octanol–water partition coefficient (Wildman–Crippen LogP) is 0.685. The van der Waals surface area contributed by atoms with Crippen LogP contribution in [-0.2, 0) is 13.0 Å². The summed E-state index contributed by atoms with van der Waals surface area (Å²) in [4.78, 5) is 12.1. The molecule has 2 rings (SSSR count). The molecule has 1 aliphatic rings. The number of nitrogens with one attached hydrogen (secondary N) is 1. The highest BCUT2D eigenvalue weighted by molar-refractivity contribution is 5.93. The second-order valence-electron chi connectivity index (χ2n) is 4.59. The summed E-state index contributed by atoms with van der Waals surface area (Å²) in [7, 11) is 0. The molecule has 0 saturated heterocycles. The largest absolute Gasteiger partial charge is 0.348 e. The maximum Gasteiger partial charge on any atom is 0.269 e. The van der Waals surface area contributed by atoms with Crippen molar-refractivity contribution in [3.8, 4) is 0 Å². The monoisotopic (exact) mass is 236 g/mol. The molecule has 5 nitrogen and oxygen atoms in total. The van der Waals surface area contributed by atoms with Gasteiger partial charge in [-0.15, -0.1) is 0 Å². The van der Waals surface area contributed by atoms with Gasteiger partial charge in [0.05, 0.1) is 5.69 Å². The van der Waals surface area contributed by atoms with Crippen molar-refractivity contribution >= 4 is 5.91 Å². The fraction of sp³-hybridized carbons (Fsp3) is 0.667. The van der Waals surface area contributed by atoms with E-state index < -0.39 is 0 Å². The molecule has 1 saturated carbocycles. The number of aryl methyl sites for hydroxylation is 2. The quantitative estimate of drug-likeness (QED) is 0.807. The molecule has 0 unspecified atom stereocenters. The fourth-order valence-electron chi connectivity index (χ4n) is 2.11. The molecular weight excluding hydrogens is 216 g/mol. The third-order valence-electron chi connectivity index (χ3n) is 3.23. The Morgan fingerprint density at radius 1 is 1.59 bits per heavy atom. The average Bonchev–Trinajstić information content (AvgIpc) is 2.70. The zero-order valence-corrected chi connectivity index (χ0v) is 10.4. The highest BCUT2D eigenvalue weighted by Gasteiger charge is 2.28. The van der Waals surface area contributed by atoms with Gasteiger partial charge >= 0.3 is 0 Å². The number of amides is 1. The Bertz CT molecular complexity index is 407. The summed E-state index contributed by atoms with van der Waals surface area (Å²) in [5.74, 6) is -0.0315. The Labute approximate surface area is 101 Å². The Kier molecular flexibility index (Phi) is 3.47. The Hall–Kier alpha value is -1.36. The van der Waals surface area contributed by atoms with Crippen LogP contribution in [0, 0.1) is 0 Å². The summed E-state index contributed by atoms with van der Waals surface area (Å²) in [5.41, 5.74) is 7.31. The molecule has 1 aliphatic carbocycles. The zero-order valence-electron chi connectivity index (χ0n) is 10.4. The summed E-state index contributed by atoms with van der Waals surface area (Å²) < 4.78 is 1.76. The van der Waals surface area contributed by atoms with Crippen LogP contribution in [0.3, 0.4) is 0 Å². The topological polar surface area (TPSA) is 72.9 Å². The van der Waals surface area contributed by atoms with Crippen molar-refractivity contribution in [2.75, 3.05) is 0 Å². The van der Waals surface area contributed by atoms with E-state index in [2.05, 4.69) is 10.4 Å². The van der Waals surface area contributed by atoms with Crippen molar-refractivity contribution < 1.29 is 4.79 Å². The van der Waals surface area contributed by atoms with E-state index in [1.807, 2.05) is 19.9 Å². The van der Waals surface area contributed by atoms with E-state index in [0.717, 1.165) is 25.0 Å². The molecular formula is C12H20N4O. The van der Waals surface area contributed by atoms with Crippen LogP contribution in [0.5, 0.6) is 0 Å². The fourth-order valence-corrected chi connectivity index (χ4v) is 2.11. The van der Waals surface area contributed by atoms with Gasteiger partial charge in [0.25, 0.3) is 5.91 Å². The van der Waals surface area contributed by atoms with Gasteiger partial charge in [-0.2, -0.15) is 5.10 Å². The number of nitrogens with two attached hydrogens (primary N) is 1. The van der Waals surface area contributed by atoms with Crippen LogP contribution in [0.25, 0.3) is 0 Å². The van der Waals surface area contributed by atoms with E-state index in [1.165, 1.54) is 0 Å². The lowest BCUT2D eigenvalue weighted by atomic mass is 9.87. The second-order valence-corrected chi connectivity index (χ2v) is 4.59. The summed E-state index contributed by atoms with van der Waals surface area (Å²) in [6, 6.07) is 2.36. The zero-order chi connectivity index (χ0) is 12.4.